The van der Waals surface area contributed by atoms with Gasteiger partial charge < -0.3 is 23.7 Å². The first-order valence-electron chi connectivity index (χ1n) is 20.1. The second kappa shape index (κ2) is 20.9. The molecule has 3 saturated carbocycles. The van der Waals surface area contributed by atoms with Crippen molar-refractivity contribution in [2.24, 2.45) is 35.5 Å². The monoisotopic (exact) mass is 730 g/mol. The molecule has 9 heteroatoms. The van der Waals surface area contributed by atoms with Crippen LogP contribution in [0.4, 0.5) is 0 Å². The molecule has 0 aliphatic heterocycles. The van der Waals surface area contributed by atoms with Crippen LogP contribution in [0.5, 0.6) is 23.0 Å². The van der Waals surface area contributed by atoms with E-state index in [1.807, 2.05) is 0 Å². The zero-order valence-corrected chi connectivity index (χ0v) is 31.5. The number of benzene rings is 2. The van der Waals surface area contributed by atoms with Gasteiger partial charge in [0.15, 0.2) is 0 Å². The summed E-state index contributed by atoms with van der Waals surface area (Å²) >= 11 is 0. The molecule has 2 aromatic carbocycles. The van der Waals surface area contributed by atoms with E-state index in [0.717, 1.165) is 75.2 Å². The number of hydrogen-bond donors (Lipinski definition) is 0. The predicted molar refractivity (Wildman–Crippen MR) is 202 cm³/mol. The maximum absolute atomic E-state index is 12.9. The molecule has 0 heterocycles. The number of ether oxygens (including phenoxy) is 5. The molecule has 0 atom stereocenters. The van der Waals surface area contributed by atoms with E-state index in [1.165, 1.54) is 32.1 Å². The van der Waals surface area contributed by atoms with Gasteiger partial charge >= 0.3 is 23.9 Å². The van der Waals surface area contributed by atoms with Gasteiger partial charge in [-0.1, -0.05) is 32.8 Å². The Labute approximate surface area is 315 Å². The molecule has 3 aliphatic carbocycles. The van der Waals surface area contributed by atoms with Gasteiger partial charge in [-0.05, 0) is 156 Å². The average Bonchev–Trinajstić information content (AvgIpc) is 3.20. The summed E-state index contributed by atoms with van der Waals surface area (Å²) in [6.07, 6.45) is 17.7. The summed E-state index contributed by atoms with van der Waals surface area (Å²) in [7, 11) is 0. The molecule has 0 N–H and O–H groups in total. The zero-order chi connectivity index (χ0) is 37.4. The molecule has 0 bridgehead atoms. The minimum atomic E-state index is -0.394. The van der Waals surface area contributed by atoms with E-state index in [1.54, 1.807) is 48.5 Å². The Kier molecular flexibility index (Phi) is 15.8. The van der Waals surface area contributed by atoms with Gasteiger partial charge in [0, 0.05) is 6.08 Å². The van der Waals surface area contributed by atoms with E-state index >= 15 is 0 Å². The van der Waals surface area contributed by atoms with Crippen molar-refractivity contribution < 1.29 is 42.9 Å². The van der Waals surface area contributed by atoms with Crippen molar-refractivity contribution in [2.45, 2.75) is 116 Å². The lowest BCUT2D eigenvalue weighted by atomic mass is 9.69. The molecule has 0 spiro atoms. The standard InChI is InChI=1S/C44H58O9/c1-3-31-9-11-32(12-10-31)33-13-15-34(16-14-33)42(46)52-39-25-27-40(28-26-39)53-44(48)36-19-17-35(18-20-36)43(47)51-38-23-21-37(22-24-38)49-29-7-5-6-8-30-50-41(45)4-2/h4,21-28,31-36H,2-3,5-20,29-30H2,1H3. The molecule has 3 fully saturated rings. The van der Waals surface area contributed by atoms with Gasteiger partial charge in [0.2, 0.25) is 0 Å². The third kappa shape index (κ3) is 12.7. The van der Waals surface area contributed by atoms with Crippen molar-refractivity contribution in [2.75, 3.05) is 13.2 Å². The summed E-state index contributed by atoms with van der Waals surface area (Å²) in [6.45, 7) is 6.65. The number of carbonyl (C=O) groups is 4. The van der Waals surface area contributed by atoms with Crippen molar-refractivity contribution in [3.8, 4) is 23.0 Å². The summed E-state index contributed by atoms with van der Waals surface area (Å²) in [5.41, 5.74) is 0. The summed E-state index contributed by atoms with van der Waals surface area (Å²) in [4.78, 5) is 49.8. The minimum absolute atomic E-state index is 0.0507. The molecular formula is C44H58O9. The van der Waals surface area contributed by atoms with Crippen molar-refractivity contribution in [3.05, 3.63) is 61.2 Å². The lowest BCUT2D eigenvalue weighted by Gasteiger charge is -2.37. The Balaban J connectivity index is 0.938. The SMILES string of the molecule is C=CC(=O)OCCCCCCOc1ccc(OC(=O)C2CCC(C(=O)Oc3ccc(OC(=O)C4CCC(C5CCC(CC)CC5)CC4)cc3)CC2)cc1. The van der Waals surface area contributed by atoms with Crippen LogP contribution in [0.2, 0.25) is 0 Å². The van der Waals surface area contributed by atoms with Crippen LogP contribution in [0.15, 0.2) is 61.2 Å². The number of rotatable bonds is 17. The van der Waals surface area contributed by atoms with E-state index in [-0.39, 0.29) is 35.7 Å². The summed E-state index contributed by atoms with van der Waals surface area (Å²) in [5.74, 6) is 2.74. The Morgan fingerprint density at radius 3 is 1.34 bits per heavy atom. The number of hydrogen-bond acceptors (Lipinski definition) is 9. The fraction of sp³-hybridized carbons (Fsp3) is 0.591. The van der Waals surface area contributed by atoms with Gasteiger partial charge in [0.25, 0.3) is 0 Å². The van der Waals surface area contributed by atoms with Crippen molar-refractivity contribution in [3.63, 3.8) is 0 Å². The second-order valence-electron chi connectivity index (χ2n) is 15.2. The third-order valence-corrected chi connectivity index (χ3v) is 11.7. The van der Waals surface area contributed by atoms with Crippen LogP contribution in [0, 0.1) is 35.5 Å². The molecule has 5 rings (SSSR count). The van der Waals surface area contributed by atoms with Crippen LogP contribution in [-0.4, -0.2) is 37.1 Å². The van der Waals surface area contributed by atoms with E-state index in [9.17, 15) is 19.2 Å². The Morgan fingerprint density at radius 2 is 0.925 bits per heavy atom. The first kappa shape index (κ1) is 40.1. The molecule has 2 aromatic rings. The molecule has 0 saturated heterocycles. The number of unbranched alkanes of at least 4 members (excludes halogenated alkanes) is 3. The number of esters is 4. The highest BCUT2D eigenvalue weighted by Crippen LogP contribution is 2.42. The highest BCUT2D eigenvalue weighted by atomic mass is 16.5. The lowest BCUT2D eigenvalue weighted by molar-refractivity contribution is -0.145. The van der Waals surface area contributed by atoms with Crippen LogP contribution in [0.1, 0.15) is 116 Å². The topological polar surface area (TPSA) is 114 Å². The molecule has 3 aliphatic rings. The van der Waals surface area contributed by atoms with Crippen LogP contribution in [-0.2, 0) is 23.9 Å². The van der Waals surface area contributed by atoms with Gasteiger partial charge in [-0.15, -0.1) is 0 Å². The van der Waals surface area contributed by atoms with Crippen molar-refractivity contribution in [1.29, 1.82) is 0 Å². The fourth-order valence-corrected chi connectivity index (χ4v) is 8.22. The molecule has 0 aromatic heterocycles. The average molecular weight is 731 g/mol. The van der Waals surface area contributed by atoms with Gasteiger partial charge in [-0.2, -0.15) is 0 Å². The highest BCUT2D eigenvalue weighted by Gasteiger charge is 2.34. The summed E-state index contributed by atoms with van der Waals surface area (Å²) in [5, 5.41) is 0. The third-order valence-electron chi connectivity index (χ3n) is 11.7. The van der Waals surface area contributed by atoms with E-state index in [0.29, 0.717) is 61.9 Å². The summed E-state index contributed by atoms with van der Waals surface area (Å²) < 4.78 is 27.8. The van der Waals surface area contributed by atoms with Gasteiger partial charge in [-0.3, -0.25) is 14.4 Å². The molecule has 0 amide bonds. The molecule has 0 unspecified atom stereocenters. The van der Waals surface area contributed by atoms with Crippen LogP contribution in [0.3, 0.4) is 0 Å². The zero-order valence-electron chi connectivity index (χ0n) is 31.5. The Morgan fingerprint density at radius 1 is 0.547 bits per heavy atom. The fourth-order valence-electron chi connectivity index (χ4n) is 8.22. The molecular weight excluding hydrogens is 672 g/mol. The molecule has 53 heavy (non-hydrogen) atoms. The Bertz CT molecular complexity index is 1460. The van der Waals surface area contributed by atoms with Crippen LogP contribution >= 0.6 is 0 Å². The first-order valence-corrected chi connectivity index (χ1v) is 20.1. The van der Waals surface area contributed by atoms with E-state index in [4.69, 9.17) is 23.7 Å². The van der Waals surface area contributed by atoms with Gasteiger partial charge in [0.1, 0.15) is 23.0 Å². The maximum Gasteiger partial charge on any atom is 0.330 e. The van der Waals surface area contributed by atoms with Gasteiger partial charge in [-0.25, -0.2) is 4.79 Å². The lowest BCUT2D eigenvalue weighted by Crippen LogP contribution is -2.30. The maximum atomic E-state index is 12.9. The van der Waals surface area contributed by atoms with E-state index in [2.05, 4.69) is 13.5 Å². The highest BCUT2D eigenvalue weighted by molar-refractivity contribution is 5.81. The molecule has 0 radical (unpaired) electrons. The normalized spacial score (nSPS) is 24.3. The predicted octanol–water partition coefficient (Wildman–Crippen LogP) is 9.60. The Hall–Kier alpha value is -4.14. The molecule has 288 valence electrons. The quantitative estimate of drug-likeness (QED) is 0.0679. The molecule has 9 nitrogen and oxygen atoms in total. The van der Waals surface area contributed by atoms with Crippen molar-refractivity contribution in [1.82, 2.24) is 0 Å². The smallest absolute Gasteiger partial charge is 0.330 e. The summed E-state index contributed by atoms with van der Waals surface area (Å²) in [6, 6.07) is 13.7. The van der Waals surface area contributed by atoms with E-state index < -0.39 is 5.97 Å². The van der Waals surface area contributed by atoms with Gasteiger partial charge in [0.05, 0.1) is 31.0 Å². The van der Waals surface area contributed by atoms with Crippen molar-refractivity contribution >= 4 is 23.9 Å². The minimum Gasteiger partial charge on any atom is -0.494 e. The first-order chi connectivity index (χ1) is 25.8. The second-order valence-corrected chi connectivity index (χ2v) is 15.2. The largest absolute Gasteiger partial charge is 0.494 e. The number of carbonyl (C=O) groups excluding carboxylic acids is 4. The van der Waals surface area contributed by atoms with Crippen LogP contribution in [0.25, 0.3) is 0 Å². The van der Waals surface area contributed by atoms with Crippen LogP contribution < -0.4 is 18.9 Å².